The summed E-state index contributed by atoms with van der Waals surface area (Å²) >= 11 is 0. The van der Waals surface area contributed by atoms with E-state index in [-0.39, 0.29) is 35.9 Å². The van der Waals surface area contributed by atoms with Gasteiger partial charge in [0.1, 0.15) is 23.8 Å². The molecule has 0 aliphatic carbocycles. The van der Waals surface area contributed by atoms with Gasteiger partial charge < -0.3 is 10.1 Å². The summed E-state index contributed by atoms with van der Waals surface area (Å²) in [5.74, 6) is -0.355. The number of carbonyl (C=O) groups is 1. The van der Waals surface area contributed by atoms with Crippen LogP contribution in [0, 0.1) is 12.7 Å². The minimum Gasteiger partial charge on any atom is -0.470 e. The first-order valence-electron chi connectivity index (χ1n) is 8.37. The van der Waals surface area contributed by atoms with Gasteiger partial charge in [-0.25, -0.2) is 19.0 Å². The summed E-state index contributed by atoms with van der Waals surface area (Å²) < 4.78 is 20.4. The van der Waals surface area contributed by atoms with Crippen molar-refractivity contribution in [2.45, 2.75) is 33.4 Å². The van der Waals surface area contributed by atoms with E-state index in [2.05, 4.69) is 25.6 Å². The zero-order valence-electron chi connectivity index (χ0n) is 15.2. The minimum atomic E-state index is -0.328. The van der Waals surface area contributed by atoms with Gasteiger partial charge in [0.2, 0.25) is 5.88 Å². The number of aryl methyl sites for hydroxylation is 1. The molecular formula is C18H19FN6O2. The van der Waals surface area contributed by atoms with Crippen molar-refractivity contribution in [3.8, 4) is 11.6 Å². The van der Waals surface area contributed by atoms with E-state index < -0.39 is 0 Å². The molecule has 0 spiro atoms. The number of carbonyl (C=O) groups excluding carboxylic acids is 1. The molecular weight excluding hydrogens is 351 g/mol. The molecule has 0 saturated carbocycles. The summed E-state index contributed by atoms with van der Waals surface area (Å²) in [6, 6.07) is 5.92. The van der Waals surface area contributed by atoms with Crippen molar-refractivity contribution in [1.82, 2.24) is 30.3 Å². The van der Waals surface area contributed by atoms with Gasteiger partial charge >= 0.3 is 0 Å². The molecule has 0 fully saturated rings. The molecule has 2 aromatic heterocycles. The lowest BCUT2D eigenvalue weighted by Gasteiger charge is -2.10. The van der Waals surface area contributed by atoms with Crippen LogP contribution in [0.3, 0.4) is 0 Å². The maximum Gasteiger partial charge on any atom is 0.271 e. The highest BCUT2D eigenvalue weighted by molar-refractivity contribution is 5.92. The highest BCUT2D eigenvalue weighted by Gasteiger charge is 2.13. The molecule has 0 bridgehead atoms. The van der Waals surface area contributed by atoms with Gasteiger partial charge in [-0.1, -0.05) is 5.21 Å². The van der Waals surface area contributed by atoms with Crippen molar-refractivity contribution in [1.29, 1.82) is 0 Å². The lowest BCUT2D eigenvalue weighted by atomic mass is 10.3. The molecule has 0 atom stereocenters. The average Bonchev–Trinajstić information content (AvgIpc) is 3.01. The molecule has 1 amide bonds. The number of nitrogens with one attached hydrogen (secondary N) is 1. The predicted octanol–water partition coefficient (Wildman–Crippen LogP) is 2.22. The smallest absolute Gasteiger partial charge is 0.271 e. The predicted molar refractivity (Wildman–Crippen MR) is 95.0 cm³/mol. The molecule has 0 unspecified atom stereocenters. The number of nitrogens with zero attached hydrogens (tertiary/aromatic N) is 5. The maximum atomic E-state index is 13.1. The lowest BCUT2D eigenvalue weighted by Crippen LogP contribution is -2.30. The van der Waals surface area contributed by atoms with Crippen LogP contribution in [0.25, 0.3) is 5.69 Å². The quantitative estimate of drug-likeness (QED) is 0.715. The molecule has 8 nitrogen and oxygen atoms in total. The third-order valence-corrected chi connectivity index (χ3v) is 3.67. The Morgan fingerprint density at radius 3 is 2.59 bits per heavy atom. The van der Waals surface area contributed by atoms with E-state index in [1.807, 2.05) is 13.8 Å². The minimum absolute atomic E-state index is 0.0115. The summed E-state index contributed by atoms with van der Waals surface area (Å²) in [6.45, 7) is 5.67. The first-order valence-corrected chi connectivity index (χ1v) is 8.37. The van der Waals surface area contributed by atoms with Crippen LogP contribution in [0.15, 0.2) is 36.7 Å². The molecule has 0 radical (unpaired) electrons. The number of benzene rings is 1. The zero-order chi connectivity index (χ0) is 19.4. The number of halogens is 1. The van der Waals surface area contributed by atoms with Crippen molar-refractivity contribution in [3.05, 3.63) is 59.6 Å². The van der Waals surface area contributed by atoms with Crippen LogP contribution >= 0.6 is 0 Å². The Hall–Kier alpha value is -3.36. The normalized spacial score (nSPS) is 10.9. The fourth-order valence-electron chi connectivity index (χ4n) is 2.32. The molecule has 3 aromatic rings. The summed E-state index contributed by atoms with van der Waals surface area (Å²) in [5, 5.41) is 10.9. The monoisotopic (exact) mass is 370 g/mol. The Morgan fingerprint density at radius 1 is 1.22 bits per heavy atom. The molecule has 3 rings (SSSR count). The zero-order valence-corrected chi connectivity index (χ0v) is 15.2. The number of amides is 1. The molecule has 140 valence electrons. The van der Waals surface area contributed by atoms with Crippen LogP contribution in [0.2, 0.25) is 0 Å². The van der Waals surface area contributed by atoms with Crippen molar-refractivity contribution in [2.75, 3.05) is 0 Å². The van der Waals surface area contributed by atoms with Crippen molar-refractivity contribution >= 4 is 5.91 Å². The van der Waals surface area contributed by atoms with E-state index in [0.29, 0.717) is 17.1 Å². The van der Waals surface area contributed by atoms with Crippen molar-refractivity contribution in [2.24, 2.45) is 0 Å². The highest BCUT2D eigenvalue weighted by atomic mass is 19.1. The molecule has 0 saturated heterocycles. The fraction of sp³-hybridized carbons (Fsp3) is 0.278. The number of hydrogen-bond donors (Lipinski definition) is 1. The van der Waals surface area contributed by atoms with Gasteiger partial charge in [-0.3, -0.25) is 4.79 Å². The Morgan fingerprint density at radius 2 is 1.96 bits per heavy atom. The fourth-order valence-corrected chi connectivity index (χ4v) is 2.32. The standard InChI is InChI=1S/C18H19FN6O2/c1-11(2)22-18(26)15-8-21-17(9-20-15)27-10-16-12(3)23-24-25(16)14-6-4-13(19)5-7-14/h4-9,11H,10H2,1-3H3,(H,22,26). The van der Waals surface area contributed by atoms with Gasteiger partial charge in [-0.15, -0.1) is 5.10 Å². The Balaban J connectivity index is 1.71. The molecule has 9 heteroatoms. The van der Waals surface area contributed by atoms with Gasteiger partial charge in [0, 0.05) is 6.04 Å². The number of aromatic nitrogens is 5. The Bertz CT molecular complexity index is 922. The van der Waals surface area contributed by atoms with Crippen LogP contribution in [-0.4, -0.2) is 36.9 Å². The first kappa shape index (κ1) is 18.4. The average molecular weight is 370 g/mol. The second-order valence-electron chi connectivity index (χ2n) is 6.17. The van der Waals surface area contributed by atoms with Crippen molar-refractivity contribution in [3.63, 3.8) is 0 Å². The van der Waals surface area contributed by atoms with Crippen LogP contribution in [0.4, 0.5) is 4.39 Å². The van der Waals surface area contributed by atoms with Gasteiger partial charge in [0.25, 0.3) is 5.91 Å². The largest absolute Gasteiger partial charge is 0.470 e. The molecule has 27 heavy (non-hydrogen) atoms. The van der Waals surface area contributed by atoms with Gasteiger partial charge in [0.15, 0.2) is 0 Å². The van der Waals surface area contributed by atoms with Crippen LogP contribution < -0.4 is 10.1 Å². The third kappa shape index (κ3) is 4.43. The summed E-state index contributed by atoms with van der Waals surface area (Å²) in [7, 11) is 0. The maximum absolute atomic E-state index is 13.1. The highest BCUT2D eigenvalue weighted by Crippen LogP contribution is 2.15. The molecule has 0 aliphatic heterocycles. The van der Waals surface area contributed by atoms with Crippen LogP contribution in [-0.2, 0) is 6.61 Å². The SMILES string of the molecule is Cc1nnn(-c2ccc(F)cc2)c1COc1cnc(C(=O)NC(C)C)cn1. The second-order valence-corrected chi connectivity index (χ2v) is 6.17. The summed E-state index contributed by atoms with van der Waals surface area (Å²) in [5.41, 5.74) is 2.26. The van der Waals surface area contributed by atoms with Crippen molar-refractivity contribution < 1.29 is 13.9 Å². The Kier molecular flexibility index (Phi) is 5.39. The van der Waals surface area contributed by atoms with Gasteiger partial charge in [-0.2, -0.15) is 0 Å². The van der Waals surface area contributed by atoms with Gasteiger partial charge in [0.05, 0.1) is 23.8 Å². The third-order valence-electron chi connectivity index (χ3n) is 3.67. The second kappa shape index (κ2) is 7.90. The molecule has 1 aromatic carbocycles. The van der Waals surface area contributed by atoms with Crippen LogP contribution in [0.5, 0.6) is 5.88 Å². The molecule has 1 N–H and O–H groups in total. The van der Waals surface area contributed by atoms with Crippen LogP contribution in [0.1, 0.15) is 35.7 Å². The molecule has 2 heterocycles. The van der Waals surface area contributed by atoms with E-state index in [1.54, 1.807) is 23.7 Å². The van der Waals surface area contributed by atoms with E-state index in [9.17, 15) is 9.18 Å². The van der Waals surface area contributed by atoms with E-state index in [4.69, 9.17) is 4.74 Å². The van der Waals surface area contributed by atoms with Gasteiger partial charge in [-0.05, 0) is 45.0 Å². The summed E-state index contributed by atoms with van der Waals surface area (Å²) in [6.07, 6.45) is 2.74. The van der Waals surface area contributed by atoms with E-state index >= 15 is 0 Å². The number of rotatable bonds is 6. The number of ether oxygens (including phenoxy) is 1. The lowest BCUT2D eigenvalue weighted by molar-refractivity contribution is 0.0937. The first-order chi connectivity index (χ1) is 12.9. The number of hydrogen-bond acceptors (Lipinski definition) is 6. The van der Waals surface area contributed by atoms with E-state index in [0.717, 1.165) is 0 Å². The molecule has 0 aliphatic rings. The topological polar surface area (TPSA) is 94.8 Å². The summed E-state index contributed by atoms with van der Waals surface area (Å²) in [4.78, 5) is 20.1. The Labute approximate surface area is 155 Å². The van der Waals surface area contributed by atoms with E-state index in [1.165, 1.54) is 24.5 Å².